The molecule has 6 nitrogen and oxygen atoms in total. The van der Waals surface area contributed by atoms with E-state index in [0.717, 1.165) is 24.2 Å². The molecule has 1 aromatic heterocycles. The lowest BCUT2D eigenvalue weighted by molar-refractivity contribution is 0.0985. The summed E-state index contributed by atoms with van der Waals surface area (Å²) in [7, 11) is -3.79. The number of aromatic nitrogens is 1. The Labute approximate surface area is 120 Å². The van der Waals surface area contributed by atoms with E-state index in [1.54, 1.807) is 0 Å². The molecule has 0 spiro atoms. The lowest BCUT2D eigenvalue weighted by Crippen LogP contribution is -2.32. The first kappa shape index (κ1) is 15.3. The van der Waals surface area contributed by atoms with E-state index in [-0.39, 0.29) is 17.4 Å². The molecule has 9 heteroatoms. The molecule has 1 saturated heterocycles. The van der Waals surface area contributed by atoms with Crippen molar-refractivity contribution in [3.63, 3.8) is 0 Å². The molecule has 2 heterocycles. The van der Waals surface area contributed by atoms with Crippen LogP contribution in [-0.2, 0) is 14.8 Å². The number of ether oxygens (including phenoxy) is 1. The van der Waals surface area contributed by atoms with Gasteiger partial charge in [0.05, 0.1) is 18.6 Å². The smallest absolute Gasteiger partial charge is 0.276 e. The van der Waals surface area contributed by atoms with Crippen molar-refractivity contribution < 1.29 is 22.3 Å². The summed E-state index contributed by atoms with van der Waals surface area (Å²) in [5, 5.41) is 0.675. The summed E-state index contributed by atoms with van der Waals surface area (Å²) in [5.41, 5.74) is 0. The second-order valence-electron chi connectivity index (χ2n) is 4.36. The fourth-order valence-electron chi connectivity index (χ4n) is 1.80. The van der Waals surface area contributed by atoms with Gasteiger partial charge in [-0.3, -0.25) is 9.18 Å². The van der Waals surface area contributed by atoms with Crippen molar-refractivity contribution in [1.29, 1.82) is 0 Å². The van der Waals surface area contributed by atoms with Gasteiger partial charge in [-0.1, -0.05) is 0 Å². The maximum atomic E-state index is 12.0. The Morgan fingerprint density at radius 3 is 3.05 bits per heavy atom. The van der Waals surface area contributed by atoms with Gasteiger partial charge in [0.1, 0.15) is 16.0 Å². The van der Waals surface area contributed by atoms with Gasteiger partial charge >= 0.3 is 0 Å². The average Bonchev–Trinajstić information content (AvgIpc) is 3.05. The summed E-state index contributed by atoms with van der Waals surface area (Å²) in [6.45, 7) is -0.0673. The highest BCUT2D eigenvalue weighted by Crippen LogP contribution is 2.31. The lowest BCUT2D eigenvalue weighted by Gasteiger charge is -2.04. The monoisotopic (exact) mass is 322 g/mol. The molecule has 1 aliphatic rings. The average molecular weight is 322 g/mol. The van der Waals surface area contributed by atoms with Crippen LogP contribution >= 0.6 is 11.3 Å². The third-order valence-electron chi connectivity index (χ3n) is 2.75. The van der Waals surface area contributed by atoms with Gasteiger partial charge in [0, 0.05) is 6.61 Å². The highest BCUT2D eigenvalue weighted by molar-refractivity contribution is 7.90. The number of rotatable bonds is 6. The standard InChI is InChI=1S/C11H15FN2O4S2/c12-4-2-6-20(16,17)14-10(15)9-7-13-11(19-9)8-3-1-5-18-8/h7-8H,1-6H2,(H,14,15). The lowest BCUT2D eigenvalue weighted by atomic mass is 10.2. The van der Waals surface area contributed by atoms with E-state index < -0.39 is 28.4 Å². The van der Waals surface area contributed by atoms with Crippen LogP contribution in [0.1, 0.15) is 40.0 Å². The normalized spacial score (nSPS) is 19.1. The molecule has 0 aliphatic carbocycles. The van der Waals surface area contributed by atoms with Crippen molar-refractivity contribution in [2.75, 3.05) is 19.0 Å². The van der Waals surface area contributed by atoms with Crippen molar-refractivity contribution in [2.45, 2.75) is 25.4 Å². The third-order valence-corrected chi connectivity index (χ3v) is 5.16. The fraction of sp³-hybridized carbons (Fsp3) is 0.636. The Kier molecular flexibility index (Phi) is 5.06. The number of carbonyl (C=O) groups excluding carboxylic acids is 1. The number of halogens is 1. The molecular formula is C11H15FN2O4S2. The molecule has 1 aromatic rings. The molecule has 20 heavy (non-hydrogen) atoms. The first-order valence-corrected chi connectivity index (χ1v) is 8.67. The van der Waals surface area contributed by atoms with Gasteiger partial charge in [-0.15, -0.1) is 11.3 Å². The minimum atomic E-state index is -3.79. The van der Waals surface area contributed by atoms with Crippen LogP contribution in [-0.4, -0.2) is 38.3 Å². The molecule has 1 fully saturated rings. The van der Waals surface area contributed by atoms with Crippen LogP contribution in [0.25, 0.3) is 0 Å². The van der Waals surface area contributed by atoms with E-state index in [1.807, 2.05) is 4.72 Å². The zero-order valence-corrected chi connectivity index (χ0v) is 12.3. The number of alkyl halides is 1. The highest BCUT2D eigenvalue weighted by Gasteiger charge is 2.23. The minimum Gasteiger partial charge on any atom is -0.371 e. The number of hydrogen-bond acceptors (Lipinski definition) is 6. The fourth-order valence-corrected chi connectivity index (χ4v) is 3.75. The Morgan fingerprint density at radius 2 is 2.40 bits per heavy atom. The van der Waals surface area contributed by atoms with Gasteiger partial charge < -0.3 is 4.74 Å². The van der Waals surface area contributed by atoms with Crippen LogP contribution in [0.3, 0.4) is 0 Å². The number of sulfonamides is 1. The predicted molar refractivity (Wildman–Crippen MR) is 71.9 cm³/mol. The van der Waals surface area contributed by atoms with Crippen LogP contribution in [0.15, 0.2) is 6.20 Å². The van der Waals surface area contributed by atoms with Crippen molar-refractivity contribution in [3.8, 4) is 0 Å². The van der Waals surface area contributed by atoms with Crippen molar-refractivity contribution in [2.24, 2.45) is 0 Å². The third kappa shape index (κ3) is 3.97. The maximum absolute atomic E-state index is 12.0. The number of amides is 1. The molecular weight excluding hydrogens is 307 g/mol. The van der Waals surface area contributed by atoms with Crippen LogP contribution in [0.2, 0.25) is 0 Å². The summed E-state index contributed by atoms with van der Waals surface area (Å²) in [5.74, 6) is -1.14. The topological polar surface area (TPSA) is 85.4 Å². The van der Waals surface area contributed by atoms with E-state index in [9.17, 15) is 17.6 Å². The largest absolute Gasteiger partial charge is 0.371 e. The minimum absolute atomic E-state index is 0.107. The molecule has 1 N–H and O–H groups in total. The zero-order chi connectivity index (χ0) is 14.6. The Hall–Kier alpha value is -1.06. The molecule has 0 bridgehead atoms. The summed E-state index contributed by atoms with van der Waals surface area (Å²) in [6, 6.07) is 0. The second kappa shape index (κ2) is 6.59. The molecule has 0 saturated carbocycles. The van der Waals surface area contributed by atoms with Gasteiger partial charge in [-0.2, -0.15) is 0 Å². The summed E-state index contributed by atoms with van der Waals surface area (Å²) >= 11 is 1.12. The molecule has 1 atom stereocenters. The maximum Gasteiger partial charge on any atom is 0.276 e. The number of hydrogen-bond donors (Lipinski definition) is 1. The number of carbonyl (C=O) groups is 1. The Bertz CT molecular complexity index is 567. The van der Waals surface area contributed by atoms with Gasteiger partial charge in [0.15, 0.2) is 0 Å². The molecule has 1 unspecified atom stereocenters. The Morgan fingerprint density at radius 1 is 1.60 bits per heavy atom. The van der Waals surface area contributed by atoms with Gasteiger partial charge in [-0.05, 0) is 19.3 Å². The number of nitrogens with one attached hydrogen (secondary N) is 1. The van der Waals surface area contributed by atoms with Gasteiger partial charge in [0.2, 0.25) is 10.0 Å². The molecule has 0 aromatic carbocycles. The second-order valence-corrected chi connectivity index (χ2v) is 7.26. The van der Waals surface area contributed by atoms with E-state index in [4.69, 9.17) is 4.74 Å². The van der Waals surface area contributed by atoms with Gasteiger partial charge in [-0.25, -0.2) is 18.1 Å². The van der Waals surface area contributed by atoms with Gasteiger partial charge in [0.25, 0.3) is 5.91 Å². The highest BCUT2D eigenvalue weighted by atomic mass is 32.2. The zero-order valence-electron chi connectivity index (χ0n) is 10.7. The quantitative estimate of drug-likeness (QED) is 0.856. The molecule has 1 amide bonds. The number of thiazole rings is 1. The molecule has 112 valence electrons. The summed E-state index contributed by atoms with van der Waals surface area (Å²) in [6.07, 6.45) is 2.89. The van der Waals surface area contributed by atoms with E-state index in [0.29, 0.717) is 11.6 Å². The number of nitrogens with zero attached hydrogens (tertiary/aromatic N) is 1. The van der Waals surface area contributed by atoms with Crippen molar-refractivity contribution in [1.82, 2.24) is 9.71 Å². The van der Waals surface area contributed by atoms with Crippen LogP contribution in [0, 0.1) is 0 Å². The summed E-state index contributed by atoms with van der Waals surface area (Å²) < 4.78 is 42.3. The first-order valence-electron chi connectivity index (χ1n) is 6.20. The van der Waals surface area contributed by atoms with Crippen molar-refractivity contribution in [3.05, 3.63) is 16.1 Å². The first-order chi connectivity index (χ1) is 9.52. The van der Waals surface area contributed by atoms with Crippen LogP contribution < -0.4 is 4.72 Å². The van der Waals surface area contributed by atoms with E-state index in [2.05, 4.69) is 4.98 Å². The van der Waals surface area contributed by atoms with Crippen LogP contribution in [0.4, 0.5) is 4.39 Å². The molecule has 1 aliphatic heterocycles. The van der Waals surface area contributed by atoms with E-state index in [1.165, 1.54) is 6.20 Å². The Balaban J connectivity index is 1.99. The predicted octanol–water partition coefficient (Wildman–Crippen LogP) is 1.41. The SMILES string of the molecule is O=C(NS(=O)(=O)CCCF)c1cnc(C2CCCO2)s1. The van der Waals surface area contributed by atoms with Crippen LogP contribution in [0.5, 0.6) is 0 Å². The van der Waals surface area contributed by atoms with E-state index >= 15 is 0 Å². The molecule has 0 radical (unpaired) electrons. The van der Waals surface area contributed by atoms with Crippen molar-refractivity contribution >= 4 is 27.3 Å². The molecule has 2 rings (SSSR count). The summed E-state index contributed by atoms with van der Waals surface area (Å²) in [4.78, 5) is 16.1.